The second-order valence-electron chi connectivity index (χ2n) is 5.01. The van der Waals surface area contributed by atoms with Gasteiger partial charge < -0.3 is 15.0 Å². The number of ether oxygens (including phenoxy) is 1. The highest BCUT2D eigenvalue weighted by Crippen LogP contribution is 2.29. The molecule has 0 saturated carbocycles. The number of aromatic nitrogens is 2. The third-order valence-electron chi connectivity index (χ3n) is 2.75. The van der Waals surface area contributed by atoms with Crippen LogP contribution in [0.3, 0.4) is 0 Å². The zero-order valence-electron chi connectivity index (χ0n) is 13.3. The number of carbonyl (C=O) groups excluding carboxylic acids is 1. The Bertz CT molecular complexity index is 453. The SMILES string of the molecule is CCCNC(C)(CSc1nnc(N(C)C)s1)C(=O)OCC. The fraction of sp³-hybridized carbons (Fsp3) is 0.769. The smallest absolute Gasteiger partial charge is 0.326 e. The lowest BCUT2D eigenvalue weighted by Crippen LogP contribution is -2.52. The van der Waals surface area contributed by atoms with Gasteiger partial charge in [0.1, 0.15) is 5.54 Å². The van der Waals surface area contributed by atoms with E-state index in [1.807, 2.05) is 32.8 Å². The fourth-order valence-corrected chi connectivity index (χ4v) is 3.39. The van der Waals surface area contributed by atoms with Crippen molar-refractivity contribution in [3.63, 3.8) is 0 Å². The molecule has 0 saturated heterocycles. The normalized spacial score (nSPS) is 13.8. The molecule has 0 fully saturated rings. The van der Waals surface area contributed by atoms with Crippen LogP contribution in [-0.2, 0) is 9.53 Å². The van der Waals surface area contributed by atoms with Gasteiger partial charge in [0.15, 0.2) is 4.34 Å². The van der Waals surface area contributed by atoms with Crippen LogP contribution in [0.5, 0.6) is 0 Å². The molecule has 1 aromatic heterocycles. The summed E-state index contributed by atoms with van der Waals surface area (Å²) >= 11 is 3.04. The van der Waals surface area contributed by atoms with Gasteiger partial charge in [-0.15, -0.1) is 10.2 Å². The van der Waals surface area contributed by atoms with E-state index in [2.05, 4.69) is 22.4 Å². The Morgan fingerprint density at radius 1 is 1.43 bits per heavy atom. The molecule has 0 spiro atoms. The summed E-state index contributed by atoms with van der Waals surface area (Å²) in [6.07, 6.45) is 0.962. The van der Waals surface area contributed by atoms with Gasteiger partial charge in [0.25, 0.3) is 0 Å². The van der Waals surface area contributed by atoms with Crippen molar-refractivity contribution in [3.05, 3.63) is 0 Å². The number of hydrogen-bond acceptors (Lipinski definition) is 8. The van der Waals surface area contributed by atoms with Crippen LogP contribution in [0, 0.1) is 0 Å². The summed E-state index contributed by atoms with van der Waals surface area (Å²) in [5, 5.41) is 12.4. The first-order valence-electron chi connectivity index (χ1n) is 6.98. The first kappa shape index (κ1) is 18.2. The van der Waals surface area contributed by atoms with Crippen molar-refractivity contribution in [2.45, 2.75) is 37.1 Å². The quantitative estimate of drug-likeness (QED) is 0.548. The molecule has 1 aromatic rings. The molecule has 0 aliphatic carbocycles. The first-order valence-corrected chi connectivity index (χ1v) is 8.79. The molecule has 8 heteroatoms. The number of nitrogens with one attached hydrogen (secondary N) is 1. The highest BCUT2D eigenvalue weighted by Gasteiger charge is 2.34. The number of rotatable bonds is 9. The molecule has 1 heterocycles. The third-order valence-corrected chi connectivity index (χ3v) is 5.29. The largest absolute Gasteiger partial charge is 0.465 e. The highest BCUT2D eigenvalue weighted by molar-refractivity contribution is 8.01. The Kier molecular flexibility index (Phi) is 7.41. The Morgan fingerprint density at radius 2 is 2.14 bits per heavy atom. The predicted molar refractivity (Wildman–Crippen MR) is 88.3 cm³/mol. The molecule has 0 bridgehead atoms. The Labute approximate surface area is 134 Å². The summed E-state index contributed by atoms with van der Waals surface area (Å²) in [5.74, 6) is 0.344. The predicted octanol–water partition coefficient (Wildman–Crippen LogP) is 2.02. The molecular formula is C13H24N4O2S2. The molecule has 1 rings (SSSR count). The maximum Gasteiger partial charge on any atom is 0.326 e. The van der Waals surface area contributed by atoms with Gasteiger partial charge in [-0.1, -0.05) is 30.0 Å². The Morgan fingerprint density at radius 3 is 2.67 bits per heavy atom. The van der Waals surface area contributed by atoms with E-state index >= 15 is 0 Å². The zero-order valence-corrected chi connectivity index (χ0v) is 14.9. The molecule has 1 unspecified atom stereocenters. The van der Waals surface area contributed by atoms with E-state index in [1.54, 1.807) is 0 Å². The van der Waals surface area contributed by atoms with Gasteiger partial charge in [0.05, 0.1) is 6.61 Å². The number of hydrogen-bond donors (Lipinski definition) is 1. The third kappa shape index (κ3) is 5.44. The molecule has 0 aromatic carbocycles. The molecule has 120 valence electrons. The summed E-state index contributed by atoms with van der Waals surface area (Å²) in [6, 6.07) is 0. The van der Waals surface area contributed by atoms with Gasteiger partial charge in [0.2, 0.25) is 5.13 Å². The fourth-order valence-electron chi connectivity index (χ4n) is 1.52. The molecule has 0 aliphatic heterocycles. The average Bonchev–Trinajstić information content (AvgIpc) is 2.92. The summed E-state index contributed by atoms with van der Waals surface area (Å²) < 4.78 is 6.03. The molecule has 6 nitrogen and oxygen atoms in total. The number of thioether (sulfide) groups is 1. The van der Waals surface area contributed by atoms with E-state index in [0.29, 0.717) is 12.4 Å². The second-order valence-corrected chi connectivity index (χ2v) is 7.19. The number of esters is 1. The summed E-state index contributed by atoms with van der Waals surface area (Å²) in [6.45, 7) is 6.92. The van der Waals surface area contributed by atoms with Crippen molar-refractivity contribution in [1.82, 2.24) is 15.5 Å². The van der Waals surface area contributed by atoms with Crippen LogP contribution in [0.1, 0.15) is 27.2 Å². The lowest BCUT2D eigenvalue weighted by molar-refractivity contribution is -0.149. The van der Waals surface area contributed by atoms with Crippen molar-refractivity contribution in [3.8, 4) is 0 Å². The second kappa shape index (κ2) is 8.55. The van der Waals surface area contributed by atoms with E-state index in [0.717, 1.165) is 22.4 Å². The van der Waals surface area contributed by atoms with Crippen LogP contribution < -0.4 is 10.2 Å². The van der Waals surface area contributed by atoms with E-state index in [1.165, 1.54) is 23.1 Å². The van der Waals surface area contributed by atoms with Crippen LogP contribution in [0.15, 0.2) is 4.34 Å². The minimum atomic E-state index is -0.708. The summed E-state index contributed by atoms with van der Waals surface area (Å²) in [5.41, 5.74) is -0.708. The van der Waals surface area contributed by atoms with Crippen molar-refractivity contribution in [1.29, 1.82) is 0 Å². The number of carbonyl (C=O) groups is 1. The highest BCUT2D eigenvalue weighted by atomic mass is 32.2. The number of anilines is 1. The Balaban J connectivity index is 2.69. The van der Waals surface area contributed by atoms with Crippen LogP contribution in [-0.4, -0.2) is 54.7 Å². The van der Waals surface area contributed by atoms with Crippen LogP contribution >= 0.6 is 23.1 Å². The molecule has 21 heavy (non-hydrogen) atoms. The summed E-state index contributed by atoms with van der Waals surface area (Å²) in [7, 11) is 3.86. The maximum absolute atomic E-state index is 12.2. The van der Waals surface area contributed by atoms with Crippen molar-refractivity contribution >= 4 is 34.2 Å². The molecule has 1 N–H and O–H groups in total. The lowest BCUT2D eigenvalue weighted by Gasteiger charge is -2.27. The van der Waals surface area contributed by atoms with Gasteiger partial charge in [0, 0.05) is 19.8 Å². The van der Waals surface area contributed by atoms with E-state index in [4.69, 9.17) is 4.74 Å². The standard InChI is InChI=1S/C13H24N4O2S2/c1-6-8-14-13(3,10(18)19-7-2)9-20-12-16-15-11(21-12)17(4)5/h14H,6-9H2,1-5H3. The van der Waals surface area contributed by atoms with Crippen LogP contribution in [0.4, 0.5) is 5.13 Å². The topological polar surface area (TPSA) is 67.4 Å². The minimum absolute atomic E-state index is 0.219. The molecule has 0 amide bonds. The van der Waals surface area contributed by atoms with Crippen molar-refractivity contribution in [2.24, 2.45) is 0 Å². The molecule has 0 aliphatic rings. The van der Waals surface area contributed by atoms with E-state index in [9.17, 15) is 4.79 Å². The Hall–Kier alpha value is -0.860. The van der Waals surface area contributed by atoms with Gasteiger partial charge in [-0.05, 0) is 26.8 Å². The average molecular weight is 332 g/mol. The van der Waals surface area contributed by atoms with Gasteiger partial charge >= 0.3 is 5.97 Å². The van der Waals surface area contributed by atoms with Gasteiger partial charge in [-0.25, -0.2) is 0 Å². The maximum atomic E-state index is 12.2. The van der Waals surface area contributed by atoms with Crippen molar-refractivity contribution < 1.29 is 9.53 Å². The number of nitrogens with zero attached hydrogens (tertiary/aromatic N) is 3. The van der Waals surface area contributed by atoms with Gasteiger partial charge in [-0.3, -0.25) is 4.79 Å². The first-order chi connectivity index (χ1) is 9.92. The van der Waals surface area contributed by atoms with E-state index in [-0.39, 0.29) is 5.97 Å². The minimum Gasteiger partial charge on any atom is -0.465 e. The van der Waals surface area contributed by atoms with Gasteiger partial charge in [-0.2, -0.15) is 0 Å². The van der Waals surface area contributed by atoms with Crippen LogP contribution in [0.2, 0.25) is 0 Å². The monoisotopic (exact) mass is 332 g/mol. The van der Waals surface area contributed by atoms with Crippen LogP contribution in [0.25, 0.3) is 0 Å². The molecule has 0 radical (unpaired) electrons. The molecule has 1 atom stereocenters. The van der Waals surface area contributed by atoms with E-state index < -0.39 is 5.54 Å². The summed E-state index contributed by atoms with van der Waals surface area (Å²) in [4.78, 5) is 14.1. The zero-order chi connectivity index (χ0) is 15.9. The lowest BCUT2D eigenvalue weighted by atomic mass is 10.1. The van der Waals surface area contributed by atoms with Crippen molar-refractivity contribution in [2.75, 3.05) is 37.9 Å². The molecular weight excluding hydrogens is 308 g/mol.